The SMILES string of the molecule is O=C(CS)N(CCO)Cc1ccccc1. The largest absolute Gasteiger partial charge is 0.395 e. The first-order valence-electron chi connectivity index (χ1n) is 4.81. The van der Waals surface area contributed by atoms with E-state index in [-0.39, 0.29) is 18.3 Å². The Kier molecular flexibility index (Phi) is 5.21. The number of hydrogen-bond acceptors (Lipinski definition) is 3. The molecule has 1 aromatic carbocycles. The monoisotopic (exact) mass is 225 g/mol. The van der Waals surface area contributed by atoms with Crippen molar-refractivity contribution in [1.82, 2.24) is 4.90 Å². The molecule has 0 fully saturated rings. The minimum absolute atomic E-state index is 0.0215. The molecule has 15 heavy (non-hydrogen) atoms. The number of nitrogens with zero attached hydrogens (tertiary/aromatic N) is 1. The Balaban J connectivity index is 2.62. The lowest BCUT2D eigenvalue weighted by Gasteiger charge is -2.20. The molecule has 1 N–H and O–H groups in total. The summed E-state index contributed by atoms with van der Waals surface area (Å²) in [6.45, 7) is 0.863. The number of aliphatic hydroxyl groups excluding tert-OH is 1. The van der Waals surface area contributed by atoms with Gasteiger partial charge in [-0.15, -0.1) is 0 Å². The van der Waals surface area contributed by atoms with Gasteiger partial charge in [-0.3, -0.25) is 4.79 Å². The van der Waals surface area contributed by atoms with Crippen LogP contribution < -0.4 is 0 Å². The Morgan fingerprint density at radius 1 is 1.33 bits per heavy atom. The predicted molar refractivity (Wildman–Crippen MR) is 62.8 cm³/mol. The zero-order valence-corrected chi connectivity index (χ0v) is 9.36. The van der Waals surface area contributed by atoms with E-state index in [4.69, 9.17) is 5.11 Å². The second kappa shape index (κ2) is 6.48. The van der Waals surface area contributed by atoms with Crippen LogP contribution in [0.4, 0.5) is 0 Å². The fraction of sp³-hybridized carbons (Fsp3) is 0.364. The van der Waals surface area contributed by atoms with Gasteiger partial charge in [0.05, 0.1) is 12.4 Å². The maximum Gasteiger partial charge on any atom is 0.232 e. The summed E-state index contributed by atoms with van der Waals surface area (Å²) >= 11 is 3.94. The fourth-order valence-corrected chi connectivity index (χ4v) is 1.52. The minimum Gasteiger partial charge on any atom is -0.395 e. The molecule has 1 rings (SSSR count). The van der Waals surface area contributed by atoms with E-state index in [2.05, 4.69) is 12.6 Å². The van der Waals surface area contributed by atoms with Crippen molar-refractivity contribution in [3.05, 3.63) is 35.9 Å². The van der Waals surface area contributed by atoms with Crippen LogP contribution >= 0.6 is 12.6 Å². The lowest BCUT2D eigenvalue weighted by molar-refractivity contribution is -0.129. The molecule has 0 aliphatic heterocycles. The number of rotatable bonds is 5. The number of carbonyl (C=O) groups is 1. The molecule has 0 unspecified atom stereocenters. The Morgan fingerprint density at radius 2 is 2.00 bits per heavy atom. The molecule has 1 aromatic rings. The third-order valence-electron chi connectivity index (χ3n) is 2.07. The average molecular weight is 225 g/mol. The van der Waals surface area contributed by atoms with Gasteiger partial charge in [-0.1, -0.05) is 30.3 Å². The molecule has 0 aliphatic rings. The predicted octanol–water partition coefficient (Wildman–Crippen LogP) is 0.937. The van der Waals surface area contributed by atoms with Crippen LogP contribution in [0.25, 0.3) is 0 Å². The second-order valence-corrected chi connectivity index (χ2v) is 3.50. The Bertz CT molecular complexity index is 303. The van der Waals surface area contributed by atoms with Crippen molar-refractivity contribution >= 4 is 18.5 Å². The molecule has 0 saturated heterocycles. The van der Waals surface area contributed by atoms with Crippen LogP contribution in [0.1, 0.15) is 5.56 Å². The quantitative estimate of drug-likeness (QED) is 0.732. The third-order valence-corrected chi connectivity index (χ3v) is 2.34. The van der Waals surface area contributed by atoms with Crippen LogP contribution in [0.15, 0.2) is 30.3 Å². The van der Waals surface area contributed by atoms with Gasteiger partial charge < -0.3 is 10.0 Å². The van der Waals surface area contributed by atoms with Crippen molar-refractivity contribution in [3.63, 3.8) is 0 Å². The first kappa shape index (κ1) is 12.1. The number of hydrogen-bond donors (Lipinski definition) is 2. The highest BCUT2D eigenvalue weighted by molar-refractivity contribution is 7.81. The van der Waals surface area contributed by atoms with E-state index >= 15 is 0 Å². The molecule has 0 spiro atoms. The third kappa shape index (κ3) is 3.93. The van der Waals surface area contributed by atoms with E-state index < -0.39 is 0 Å². The Morgan fingerprint density at radius 3 is 2.53 bits per heavy atom. The van der Waals surface area contributed by atoms with Gasteiger partial charge in [0.25, 0.3) is 0 Å². The molecule has 1 amide bonds. The lowest BCUT2D eigenvalue weighted by Crippen LogP contribution is -2.33. The summed E-state index contributed by atoms with van der Waals surface area (Å²) < 4.78 is 0. The molecular weight excluding hydrogens is 210 g/mol. The maximum atomic E-state index is 11.4. The van der Waals surface area contributed by atoms with Crippen molar-refractivity contribution in [2.24, 2.45) is 0 Å². The molecule has 0 aromatic heterocycles. The second-order valence-electron chi connectivity index (χ2n) is 3.18. The minimum atomic E-state index is -0.0590. The normalized spacial score (nSPS) is 10.0. The van der Waals surface area contributed by atoms with Crippen LogP contribution in [0.5, 0.6) is 0 Å². The van der Waals surface area contributed by atoms with Gasteiger partial charge in [-0.25, -0.2) is 0 Å². The van der Waals surface area contributed by atoms with Gasteiger partial charge in [0.2, 0.25) is 5.91 Å². The van der Waals surface area contributed by atoms with Crippen LogP contribution in [0, 0.1) is 0 Å². The fourth-order valence-electron chi connectivity index (χ4n) is 1.32. The summed E-state index contributed by atoms with van der Waals surface area (Å²) in [5.41, 5.74) is 1.06. The molecule has 0 atom stereocenters. The topological polar surface area (TPSA) is 40.5 Å². The molecule has 0 heterocycles. The van der Waals surface area contributed by atoms with Crippen LogP contribution in [-0.2, 0) is 11.3 Å². The van der Waals surface area contributed by atoms with E-state index in [1.165, 1.54) is 0 Å². The van der Waals surface area contributed by atoms with E-state index in [1.807, 2.05) is 30.3 Å². The maximum absolute atomic E-state index is 11.4. The molecule has 82 valence electrons. The van der Waals surface area contributed by atoms with Gasteiger partial charge in [-0.2, -0.15) is 12.6 Å². The van der Waals surface area contributed by atoms with Gasteiger partial charge in [0.1, 0.15) is 0 Å². The standard InChI is InChI=1S/C11H15NO2S/c13-7-6-12(11(14)9-15)8-10-4-2-1-3-5-10/h1-5,13,15H,6-9H2. The number of aliphatic hydroxyl groups is 1. The zero-order valence-electron chi connectivity index (χ0n) is 8.47. The van der Waals surface area contributed by atoms with Crippen molar-refractivity contribution in [3.8, 4) is 0 Å². The summed E-state index contributed by atoms with van der Waals surface area (Å²) in [4.78, 5) is 13.0. The summed E-state index contributed by atoms with van der Waals surface area (Å²) in [6.07, 6.45) is 0. The Labute approximate surface area is 95.1 Å². The first-order valence-corrected chi connectivity index (χ1v) is 5.44. The van der Waals surface area contributed by atoms with Crippen LogP contribution in [0.2, 0.25) is 0 Å². The summed E-state index contributed by atoms with van der Waals surface area (Å²) in [5.74, 6) is 0.114. The van der Waals surface area contributed by atoms with Crippen molar-refractivity contribution in [2.75, 3.05) is 18.9 Å². The smallest absolute Gasteiger partial charge is 0.232 e. The molecular formula is C11H15NO2S. The van der Waals surface area contributed by atoms with Gasteiger partial charge in [0.15, 0.2) is 0 Å². The molecule has 3 nitrogen and oxygen atoms in total. The first-order chi connectivity index (χ1) is 7.27. The van der Waals surface area contributed by atoms with Crippen LogP contribution in [0.3, 0.4) is 0 Å². The van der Waals surface area contributed by atoms with Crippen molar-refractivity contribution < 1.29 is 9.90 Å². The Hall–Kier alpha value is -1.00. The molecule has 0 aliphatic carbocycles. The lowest BCUT2D eigenvalue weighted by atomic mass is 10.2. The highest BCUT2D eigenvalue weighted by Crippen LogP contribution is 2.04. The van der Waals surface area contributed by atoms with E-state index in [0.717, 1.165) is 5.56 Å². The van der Waals surface area contributed by atoms with E-state index in [9.17, 15) is 4.79 Å². The van der Waals surface area contributed by atoms with Gasteiger partial charge in [0, 0.05) is 13.1 Å². The van der Waals surface area contributed by atoms with Crippen molar-refractivity contribution in [2.45, 2.75) is 6.54 Å². The molecule has 0 bridgehead atoms. The summed E-state index contributed by atoms with van der Waals surface area (Å²) in [7, 11) is 0. The van der Waals surface area contributed by atoms with Crippen molar-refractivity contribution in [1.29, 1.82) is 0 Å². The van der Waals surface area contributed by atoms with Gasteiger partial charge >= 0.3 is 0 Å². The number of thiol groups is 1. The van der Waals surface area contributed by atoms with Gasteiger partial charge in [-0.05, 0) is 5.56 Å². The van der Waals surface area contributed by atoms with Crippen LogP contribution in [-0.4, -0.2) is 34.8 Å². The summed E-state index contributed by atoms with van der Waals surface area (Å²) in [5, 5.41) is 8.84. The highest BCUT2D eigenvalue weighted by atomic mass is 32.1. The average Bonchev–Trinajstić information content (AvgIpc) is 2.29. The number of carbonyl (C=O) groups excluding carboxylic acids is 1. The summed E-state index contributed by atoms with van der Waals surface area (Å²) in [6, 6.07) is 9.70. The number of amides is 1. The zero-order chi connectivity index (χ0) is 11.1. The molecule has 0 radical (unpaired) electrons. The van der Waals surface area contributed by atoms with E-state index in [1.54, 1.807) is 4.90 Å². The number of benzene rings is 1. The highest BCUT2D eigenvalue weighted by Gasteiger charge is 2.10. The molecule has 4 heteroatoms. The van der Waals surface area contributed by atoms with E-state index in [0.29, 0.717) is 13.1 Å². The molecule has 0 saturated carbocycles.